The van der Waals surface area contributed by atoms with Gasteiger partial charge in [-0.15, -0.1) is 5.10 Å². The molecule has 1 aliphatic rings. The highest BCUT2D eigenvalue weighted by molar-refractivity contribution is 5.96. The lowest BCUT2D eigenvalue weighted by Gasteiger charge is -2.21. The van der Waals surface area contributed by atoms with Crippen LogP contribution < -0.4 is 5.32 Å². The summed E-state index contributed by atoms with van der Waals surface area (Å²) >= 11 is 0. The summed E-state index contributed by atoms with van der Waals surface area (Å²) in [6.07, 6.45) is 6.11. The second-order valence-corrected chi connectivity index (χ2v) is 6.04. The van der Waals surface area contributed by atoms with E-state index in [-0.39, 0.29) is 24.4 Å². The SMILES string of the molecule is O=C(NCC(=O)N1CCCC(n2ccnn2)CC1)c1ccc(F)cc1. The van der Waals surface area contributed by atoms with Crippen molar-refractivity contribution in [3.8, 4) is 0 Å². The maximum atomic E-state index is 12.9. The van der Waals surface area contributed by atoms with Gasteiger partial charge in [0.25, 0.3) is 5.91 Å². The number of amides is 2. The van der Waals surface area contributed by atoms with E-state index in [9.17, 15) is 14.0 Å². The van der Waals surface area contributed by atoms with Crippen molar-refractivity contribution in [2.24, 2.45) is 0 Å². The predicted molar refractivity (Wildman–Crippen MR) is 88.2 cm³/mol. The number of benzene rings is 1. The van der Waals surface area contributed by atoms with E-state index < -0.39 is 5.82 Å². The minimum Gasteiger partial charge on any atom is -0.343 e. The highest BCUT2D eigenvalue weighted by atomic mass is 19.1. The van der Waals surface area contributed by atoms with Crippen LogP contribution in [0.4, 0.5) is 4.39 Å². The highest BCUT2D eigenvalue weighted by Gasteiger charge is 2.22. The fraction of sp³-hybridized carbons (Fsp3) is 0.412. The van der Waals surface area contributed by atoms with Crippen LogP contribution in [-0.4, -0.2) is 51.3 Å². The number of nitrogens with zero attached hydrogens (tertiary/aromatic N) is 4. The van der Waals surface area contributed by atoms with E-state index in [1.807, 2.05) is 10.9 Å². The van der Waals surface area contributed by atoms with Crippen molar-refractivity contribution in [3.05, 3.63) is 48.0 Å². The third kappa shape index (κ3) is 4.40. The Morgan fingerprint density at radius 1 is 1.20 bits per heavy atom. The van der Waals surface area contributed by atoms with Gasteiger partial charge < -0.3 is 10.2 Å². The van der Waals surface area contributed by atoms with E-state index in [1.54, 1.807) is 11.1 Å². The fourth-order valence-electron chi connectivity index (χ4n) is 2.98. The van der Waals surface area contributed by atoms with E-state index in [0.717, 1.165) is 19.3 Å². The Hall–Kier alpha value is -2.77. The van der Waals surface area contributed by atoms with Crippen molar-refractivity contribution in [1.82, 2.24) is 25.2 Å². The van der Waals surface area contributed by atoms with E-state index in [0.29, 0.717) is 18.7 Å². The first kappa shape index (κ1) is 17.1. The Bertz CT molecular complexity index is 717. The van der Waals surface area contributed by atoms with Crippen molar-refractivity contribution in [1.29, 1.82) is 0 Å². The Kier molecular flexibility index (Phi) is 5.37. The molecule has 0 saturated carbocycles. The maximum Gasteiger partial charge on any atom is 0.251 e. The molecule has 8 heteroatoms. The van der Waals surface area contributed by atoms with Crippen molar-refractivity contribution in [2.45, 2.75) is 25.3 Å². The standard InChI is InChI=1S/C17H20FN5O2/c18-14-5-3-13(4-6-14)17(25)19-12-16(24)22-9-1-2-15(7-10-22)23-11-8-20-21-23/h3-6,8,11,15H,1-2,7,9-10,12H2,(H,19,25). The third-order valence-electron chi connectivity index (χ3n) is 4.37. The molecule has 1 atom stereocenters. The molecule has 0 bridgehead atoms. The van der Waals surface area contributed by atoms with Crippen LogP contribution >= 0.6 is 0 Å². The number of likely N-dealkylation sites (tertiary alicyclic amines) is 1. The first-order chi connectivity index (χ1) is 12.1. The molecule has 132 valence electrons. The lowest BCUT2D eigenvalue weighted by molar-refractivity contribution is -0.130. The molecule has 25 heavy (non-hydrogen) atoms. The van der Waals surface area contributed by atoms with E-state index >= 15 is 0 Å². The Morgan fingerprint density at radius 2 is 2.00 bits per heavy atom. The molecule has 0 aliphatic carbocycles. The molecule has 1 fully saturated rings. The molecule has 0 radical (unpaired) electrons. The van der Waals surface area contributed by atoms with Crippen molar-refractivity contribution in [3.63, 3.8) is 0 Å². The number of aromatic nitrogens is 3. The molecule has 1 N–H and O–H groups in total. The first-order valence-corrected chi connectivity index (χ1v) is 8.31. The molecule has 1 unspecified atom stereocenters. The molecule has 2 amide bonds. The molecule has 7 nitrogen and oxygen atoms in total. The van der Waals surface area contributed by atoms with Crippen molar-refractivity contribution < 1.29 is 14.0 Å². The summed E-state index contributed by atoms with van der Waals surface area (Å²) in [4.78, 5) is 26.1. The van der Waals surface area contributed by atoms with Crippen LogP contribution in [0.2, 0.25) is 0 Å². The molecular weight excluding hydrogens is 325 g/mol. The van der Waals surface area contributed by atoms with Gasteiger partial charge in [0.05, 0.1) is 18.8 Å². The second-order valence-electron chi connectivity index (χ2n) is 6.04. The molecule has 1 aromatic carbocycles. The lowest BCUT2D eigenvalue weighted by Crippen LogP contribution is -2.40. The van der Waals surface area contributed by atoms with Crippen LogP contribution in [0.3, 0.4) is 0 Å². The van der Waals surface area contributed by atoms with Gasteiger partial charge in [-0.2, -0.15) is 0 Å². The average Bonchev–Trinajstić information content (AvgIpc) is 3.04. The van der Waals surface area contributed by atoms with Crippen LogP contribution in [-0.2, 0) is 4.79 Å². The Balaban J connectivity index is 1.49. The van der Waals surface area contributed by atoms with E-state index in [1.165, 1.54) is 24.3 Å². The molecule has 0 spiro atoms. The predicted octanol–water partition coefficient (Wildman–Crippen LogP) is 1.40. The van der Waals surface area contributed by atoms with Crippen LogP contribution in [0.15, 0.2) is 36.7 Å². The van der Waals surface area contributed by atoms with Gasteiger partial charge in [0.2, 0.25) is 5.91 Å². The molecule has 1 aromatic heterocycles. The Labute approximate surface area is 144 Å². The second kappa shape index (κ2) is 7.87. The minimum atomic E-state index is -0.404. The minimum absolute atomic E-state index is 0.0653. The smallest absolute Gasteiger partial charge is 0.251 e. The van der Waals surface area contributed by atoms with Gasteiger partial charge >= 0.3 is 0 Å². The first-order valence-electron chi connectivity index (χ1n) is 8.31. The zero-order valence-electron chi connectivity index (χ0n) is 13.8. The molecule has 1 saturated heterocycles. The highest BCUT2D eigenvalue weighted by Crippen LogP contribution is 2.21. The summed E-state index contributed by atoms with van der Waals surface area (Å²) in [6, 6.07) is 5.47. The van der Waals surface area contributed by atoms with Crippen molar-refractivity contribution >= 4 is 11.8 Å². The van der Waals surface area contributed by atoms with Crippen LogP contribution in [0.5, 0.6) is 0 Å². The fourth-order valence-corrected chi connectivity index (χ4v) is 2.98. The summed E-state index contributed by atoms with van der Waals surface area (Å²) in [7, 11) is 0. The maximum absolute atomic E-state index is 12.9. The van der Waals surface area contributed by atoms with E-state index in [2.05, 4.69) is 15.6 Å². The number of rotatable bonds is 4. The molecule has 2 heterocycles. The number of carbonyl (C=O) groups excluding carboxylic acids is 2. The van der Waals surface area contributed by atoms with Gasteiger partial charge in [-0.3, -0.25) is 9.59 Å². The molecular formula is C17H20FN5O2. The van der Waals surface area contributed by atoms with Gasteiger partial charge in [0, 0.05) is 24.8 Å². The summed E-state index contributed by atoms with van der Waals surface area (Å²) < 4.78 is 14.7. The third-order valence-corrected chi connectivity index (χ3v) is 4.37. The number of carbonyl (C=O) groups is 2. The largest absolute Gasteiger partial charge is 0.343 e. The normalized spacial score (nSPS) is 17.8. The number of hydrogen-bond donors (Lipinski definition) is 1. The molecule has 3 rings (SSSR count). The number of hydrogen-bond acceptors (Lipinski definition) is 4. The average molecular weight is 345 g/mol. The number of nitrogens with one attached hydrogen (secondary N) is 1. The monoisotopic (exact) mass is 345 g/mol. The van der Waals surface area contributed by atoms with Gasteiger partial charge in [-0.25, -0.2) is 9.07 Å². The topological polar surface area (TPSA) is 80.1 Å². The summed E-state index contributed by atoms with van der Waals surface area (Å²) in [5.74, 6) is -0.905. The van der Waals surface area contributed by atoms with Gasteiger partial charge in [0.15, 0.2) is 0 Å². The van der Waals surface area contributed by atoms with Crippen LogP contribution in [0.25, 0.3) is 0 Å². The van der Waals surface area contributed by atoms with Crippen LogP contribution in [0.1, 0.15) is 35.7 Å². The zero-order valence-corrected chi connectivity index (χ0v) is 13.8. The number of halogens is 1. The Morgan fingerprint density at radius 3 is 2.72 bits per heavy atom. The molecule has 2 aromatic rings. The summed E-state index contributed by atoms with van der Waals surface area (Å²) in [6.45, 7) is 1.22. The lowest BCUT2D eigenvalue weighted by atomic mass is 10.1. The van der Waals surface area contributed by atoms with Gasteiger partial charge in [-0.05, 0) is 43.5 Å². The summed E-state index contributed by atoms with van der Waals surface area (Å²) in [5.41, 5.74) is 0.330. The van der Waals surface area contributed by atoms with E-state index in [4.69, 9.17) is 0 Å². The zero-order chi connectivity index (χ0) is 17.6. The van der Waals surface area contributed by atoms with Crippen LogP contribution in [0, 0.1) is 5.82 Å². The van der Waals surface area contributed by atoms with Gasteiger partial charge in [-0.1, -0.05) is 5.21 Å². The summed E-state index contributed by atoms with van der Waals surface area (Å²) in [5, 5.41) is 10.5. The van der Waals surface area contributed by atoms with Gasteiger partial charge in [0.1, 0.15) is 5.82 Å². The molecule has 1 aliphatic heterocycles. The quantitative estimate of drug-likeness (QED) is 0.908. The van der Waals surface area contributed by atoms with Crippen molar-refractivity contribution in [2.75, 3.05) is 19.6 Å².